The van der Waals surface area contributed by atoms with E-state index in [1.807, 2.05) is 6.92 Å². The standard InChI is InChI=1S/C12H16N2O4/c1-2-18-12(5-3-4-6-12)11-13-7-8(10(16)17)9(15)14-11/h7H,2-6H2,1H3,(H,16,17)(H,13,14,15). The second-order valence-electron chi connectivity index (χ2n) is 4.41. The van der Waals surface area contributed by atoms with E-state index in [0.29, 0.717) is 12.4 Å². The van der Waals surface area contributed by atoms with Crippen molar-refractivity contribution in [1.82, 2.24) is 9.97 Å². The van der Waals surface area contributed by atoms with E-state index in [4.69, 9.17) is 9.84 Å². The molecule has 1 saturated carbocycles. The first-order chi connectivity index (χ1) is 8.59. The van der Waals surface area contributed by atoms with Gasteiger partial charge in [0.15, 0.2) is 0 Å². The summed E-state index contributed by atoms with van der Waals surface area (Å²) in [6.45, 7) is 2.42. The fraction of sp³-hybridized carbons (Fsp3) is 0.583. The SMILES string of the molecule is CCOC1(c2ncc(C(=O)O)c(=O)[nH]2)CCCC1. The van der Waals surface area contributed by atoms with Crippen LogP contribution in [0.1, 0.15) is 48.8 Å². The van der Waals surface area contributed by atoms with Crippen LogP contribution in [0.4, 0.5) is 0 Å². The molecule has 1 fully saturated rings. The number of carboxylic acid groups (broad SMARTS) is 1. The van der Waals surface area contributed by atoms with E-state index in [9.17, 15) is 9.59 Å². The van der Waals surface area contributed by atoms with Crippen LogP contribution in [0, 0.1) is 0 Å². The van der Waals surface area contributed by atoms with Gasteiger partial charge in [0.05, 0.1) is 0 Å². The molecule has 0 amide bonds. The molecule has 1 aliphatic rings. The highest BCUT2D eigenvalue weighted by molar-refractivity contribution is 5.86. The van der Waals surface area contributed by atoms with E-state index in [-0.39, 0.29) is 5.56 Å². The number of rotatable bonds is 4. The van der Waals surface area contributed by atoms with Crippen molar-refractivity contribution in [2.75, 3.05) is 6.61 Å². The highest BCUT2D eigenvalue weighted by atomic mass is 16.5. The molecule has 98 valence electrons. The van der Waals surface area contributed by atoms with Crippen molar-refractivity contribution >= 4 is 5.97 Å². The molecule has 18 heavy (non-hydrogen) atoms. The highest BCUT2D eigenvalue weighted by Gasteiger charge is 2.39. The monoisotopic (exact) mass is 252 g/mol. The minimum absolute atomic E-state index is 0.344. The Balaban J connectivity index is 2.41. The van der Waals surface area contributed by atoms with Gasteiger partial charge in [-0.1, -0.05) is 0 Å². The third kappa shape index (κ3) is 2.15. The number of carboxylic acids is 1. The van der Waals surface area contributed by atoms with Gasteiger partial charge in [0.2, 0.25) is 0 Å². The van der Waals surface area contributed by atoms with E-state index in [1.54, 1.807) is 0 Å². The lowest BCUT2D eigenvalue weighted by molar-refractivity contribution is -0.0459. The van der Waals surface area contributed by atoms with Gasteiger partial charge in [-0.05, 0) is 32.6 Å². The molecule has 0 atom stereocenters. The maximum absolute atomic E-state index is 11.7. The van der Waals surface area contributed by atoms with E-state index in [1.165, 1.54) is 0 Å². The molecule has 2 rings (SSSR count). The minimum Gasteiger partial charge on any atom is -0.477 e. The third-order valence-corrected chi connectivity index (χ3v) is 3.29. The van der Waals surface area contributed by atoms with E-state index < -0.39 is 17.1 Å². The van der Waals surface area contributed by atoms with Gasteiger partial charge in [-0.3, -0.25) is 4.79 Å². The molecular weight excluding hydrogens is 236 g/mol. The summed E-state index contributed by atoms with van der Waals surface area (Å²) < 4.78 is 5.75. The Bertz CT molecular complexity index is 503. The summed E-state index contributed by atoms with van der Waals surface area (Å²) in [6, 6.07) is 0. The molecule has 0 radical (unpaired) electrons. The fourth-order valence-corrected chi connectivity index (χ4v) is 2.45. The van der Waals surface area contributed by atoms with Crippen LogP contribution in [0.25, 0.3) is 0 Å². The number of hydrogen-bond acceptors (Lipinski definition) is 4. The fourth-order valence-electron chi connectivity index (χ4n) is 2.45. The van der Waals surface area contributed by atoms with Crippen LogP contribution in [0.3, 0.4) is 0 Å². The number of nitrogens with zero attached hydrogens (tertiary/aromatic N) is 1. The van der Waals surface area contributed by atoms with Crippen molar-refractivity contribution in [2.24, 2.45) is 0 Å². The Morgan fingerprint density at radius 2 is 2.22 bits per heavy atom. The summed E-state index contributed by atoms with van der Waals surface area (Å²) in [5.41, 5.74) is -1.52. The average Bonchev–Trinajstić information content (AvgIpc) is 2.78. The van der Waals surface area contributed by atoms with Gasteiger partial charge in [0.1, 0.15) is 17.0 Å². The molecule has 1 aliphatic carbocycles. The quantitative estimate of drug-likeness (QED) is 0.841. The molecule has 6 nitrogen and oxygen atoms in total. The van der Waals surface area contributed by atoms with Gasteiger partial charge in [-0.2, -0.15) is 0 Å². The number of ether oxygens (including phenoxy) is 1. The molecule has 1 aromatic heterocycles. The zero-order valence-corrected chi connectivity index (χ0v) is 10.2. The first kappa shape index (κ1) is 12.8. The highest BCUT2D eigenvalue weighted by Crippen LogP contribution is 2.39. The predicted molar refractivity (Wildman–Crippen MR) is 63.6 cm³/mol. The first-order valence-electron chi connectivity index (χ1n) is 6.06. The first-order valence-corrected chi connectivity index (χ1v) is 6.06. The van der Waals surface area contributed by atoms with Crippen LogP contribution in [-0.2, 0) is 10.3 Å². The molecule has 0 spiro atoms. The predicted octanol–water partition coefficient (Wildman–Crippen LogP) is 1.27. The molecule has 1 aromatic rings. The van der Waals surface area contributed by atoms with E-state index in [0.717, 1.165) is 31.9 Å². The van der Waals surface area contributed by atoms with Crippen molar-refractivity contribution in [2.45, 2.75) is 38.2 Å². The van der Waals surface area contributed by atoms with Crippen LogP contribution < -0.4 is 5.56 Å². The molecule has 2 N–H and O–H groups in total. The Morgan fingerprint density at radius 1 is 1.56 bits per heavy atom. The van der Waals surface area contributed by atoms with Crippen LogP contribution in [0.15, 0.2) is 11.0 Å². The topological polar surface area (TPSA) is 92.3 Å². The number of hydrogen-bond donors (Lipinski definition) is 2. The van der Waals surface area contributed by atoms with Crippen molar-refractivity contribution in [3.63, 3.8) is 0 Å². The minimum atomic E-state index is -1.27. The van der Waals surface area contributed by atoms with Crippen molar-refractivity contribution in [3.8, 4) is 0 Å². The number of aromatic amines is 1. The zero-order valence-electron chi connectivity index (χ0n) is 10.2. The molecule has 0 aromatic carbocycles. The lowest BCUT2D eigenvalue weighted by Gasteiger charge is -2.27. The largest absolute Gasteiger partial charge is 0.477 e. The Hall–Kier alpha value is -1.69. The summed E-state index contributed by atoms with van der Waals surface area (Å²) >= 11 is 0. The zero-order chi connectivity index (χ0) is 13.2. The maximum Gasteiger partial charge on any atom is 0.342 e. The molecule has 0 saturated heterocycles. The van der Waals surface area contributed by atoms with Crippen molar-refractivity contribution in [3.05, 3.63) is 27.9 Å². The normalized spacial score (nSPS) is 17.8. The molecule has 6 heteroatoms. The van der Waals surface area contributed by atoms with Gasteiger partial charge in [0.25, 0.3) is 5.56 Å². The number of H-pyrrole nitrogens is 1. The molecule has 0 aliphatic heterocycles. The summed E-state index contributed by atoms with van der Waals surface area (Å²) in [5.74, 6) is -0.830. The Kier molecular flexibility index (Phi) is 3.47. The number of aromatic carboxylic acids is 1. The van der Waals surface area contributed by atoms with Crippen LogP contribution in [0.5, 0.6) is 0 Å². The van der Waals surface area contributed by atoms with Gasteiger partial charge in [-0.15, -0.1) is 0 Å². The Morgan fingerprint density at radius 3 is 2.72 bits per heavy atom. The molecular formula is C12H16N2O4. The van der Waals surface area contributed by atoms with Gasteiger partial charge in [0, 0.05) is 12.8 Å². The summed E-state index contributed by atoms with van der Waals surface area (Å²) in [5, 5.41) is 8.80. The van der Waals surface area contributed by atoms with Crippen LogP contribution >= 0.6 is 0 Å². The lowest BCUT2D eigenvalue weighted by atomic mass is 10.0. The summed E-state index contributed by atoms with van der Waals surface area (Å²) in [7, 11) is 0. The van der Waals surface area contributed by atoms with Crippen molar-refractivity contribution < 1.29 is 14.6 Å². The summed E-state index contributed by atoms with van der Waals surface area (Å²) in [6.07, 6.45) is 4.75. The maximum atomic E-state index is 11.7. The second kappa shape index (κ2) is 4.89. The molecule has 0 bridgehead atoms. The lowest BCUT2D eigenvalue weighted by Crippen LogP contribution is -2.32. The van der Waals surface area contributed by atoms with Crippen LogP contribution in [-0.4, -0.2) is 27.7 Å². The van der Waals surface area contributed by atoms with Gasteiger partial charge >= 0.3 is 5.97 Å². The smallest absolute Gasteiger partial charge is 0.342 e. The second-order valence-corrected chi connectivity index (χ2v) is 4.41. The van der Waals surface area contributed by atoms with Crippen molar-refractivity contribution in [1.29, 1.82) is 0 Å². The number of carbonyl (C=O) groups is 1. The number of nitrogens with one attached hydrogen (secondary N) is 1. The summed E-state index contributed by atoms with van der Waals surface area (Å²) in [4.78, 5) is 29.0. The van der Waals surface area contributed by atoms with Crippen LogP contribution in [0.2, 0.25) is 0 Å². The van der Waals surface area contributed by atoms with E-state index >= 15 is 0 Å². The number of aromatic nitrogens is 2. The molecule has 0 unspecified atom stereocenters. The average molecular weight is 252 g/mol. The van der Waals surface area contributed by atoms with Gasteiger partial charge < -0.3 is 14.8 Å². The van der Waals surface area contributed by atoms with Gasteiger partial charge in [-0.25, -0.2) is 9.78 Å². The van der Waals surface area contributed by atoms with E-state index in [2.05, 4.69) is 9.97 Å². The molecule has 1 heterocycles. The third-order valence-electron chi connectivity index (χ3n) is 3.29. The Labute approximate surface area is 104 Å².